The van der Waals surface area contributed by atoms with Crippen LogP contribution in [0.15, 0.2) is 40.5 Å². The maximum atomic E-state index is 13.1. The number of amidine groups is 1. The van der Waals surface area contributed by atoms with E-state index in [0.29, 0.717) is 19.5 Å². The van der Waals surface area contributed by atoms with E-state index in [1.807, 2.05) is 23.1 Å². The minimum absolute atomic E-state index is 0.129. The molecule has 0 unspecified atom stereocenters. The van der Waals surface area contributed by atoms with Crippen LogP contribution < -0.4 is 0 Å². The smallest absolute Gasteiger partial charge is 0.228 e. The molecule has 7 heteroatoms. The molecule has 0 N–H and O–H groups in total. The molecule has 1 saturated heterocycles. The van der Waals surface area contributed by atoms with Gasteiger partial charge >= 0.3 is 0 Å². The molecule has 0 aromatic carbocycles. The minimum atomic E-state index is 0.129. The molecule has 0 radical (unpaired) electrons. The predicted molar refractivity (Wildman–Crippen MR) is 103 cm³/mol. The number of ether oxygens (including phenoxy) is 1. The second-order valence-electron chi connectivity index (χ2n) is 6.80. The topological polar surface area (TPSA) is 58.0 Å². The molecular weight excluding hydrogens is 348 g/mol. The molecule has 3 aliphatic rings. The number of carbonyl (C=O) groups is 1. The Kier molecular flexibility index (Phi) is 5.55. The summed E-state index contributed by atoms with van der Waals surface area (Å²) in [6.07, 6.45) is 5.46. The number of amides is 1. The van der Waals surface area contributed by atoms with Gasteiger partial charge in [0.15, 0.2) is 5.17 Å². The van der Waals surface area contributed by atoms with Crippen LogP contribution in [0.2, 0.25) is 0 Å². The standard InChI is InChI=1S/C19H24N4O2S/c24-18(11-16-14-26-19-21-8-4-9-23(16)19)22(13-17-6-3-10-25-17)12-15-5-1-2-7-20-15/h1-2,5,7,14,17H,3-4,6,8-13H2/t17-/m1/s1. The molecule has 0 bridgehead atoms. The van der Waals surface area contributed by atoms with E-state index in [1.165, 1.54) is 0 Å². The lowest BCUT2D eigenvalue weighted by molar-refractivity contribution is -0.133. The lowest BCUT2D eigenvalue weighted by Gasteiger charge is -2.28. The zero-order valence-corrected chi connectivity index (χ0v) is 15.7. The van der Waals surface area contributed by atoms with Gasteiger partial charge in [0.2, 0.25) is 5.91 Å². The van der Waals surface area contributed by atoms with E-state index in [-0.39, 0.29) is 12.0 Å². The summed E-state index contributed by atoms with van der Waals surface area (Å²) >= 11 is 1.63. The van der Waals surface area contributed by atoms with Crippen molar-refractivity contribution in [1.29, 1.82) is 0 Å². The van der Waals surface area contributed by atoms with Gasteiger partial charge in [0.25, 0.3) is 0 Å². The maximum Gasteiger partial charge on any atom is 0.228 e. The normalized spacial score (nSPS) is 22.0. The summed E-state index contributed by atoms with van der Waals surface area (Å²) in [7, 11) is 0. The molecular formula is C19H24N4O2S. The highest BCUT2D eigenvalue weighted by molar-refractivity contribution is 8.16. The number of hydrogen-bond acceptors (Lipinski definition) is 6. The molecule has 1 aromatic heterocycles. The third-order valence-electron chi connectivity index (χ3n) is 4.88. The van der Waals surface area contributed by atoms with E-state index < -0.39 is 0 Å². The summed E-state index contributed by atoms with van der Waals surface area (Å²) in [5, 5.41) is 3.11. The molecule has 0 aliphatic carbocycles. The first kappa shape index (κ1) is 17.5. The largest absolute Gasteiger partial charge is 0.376 e. The molecule has 1 amide bonds. The van der Waals surface area contributed by atoms with Gasteiger partial charge in [0, 0.05) is 38.1 Å². The van der Waals surface area contributed by atoms with Gasteiger partial charge in [0.05, 0.1) is 24.8 Å². The predicted octanol–water partition coefficient (Wildman–Crippen LogP) is 2.63. The van der Waals surface area contributed by atoms with Crippen LogP contribution in [0, 0.1) is 0 Å². The molecule has 26 heavy (non-hydrogen) atoms. The fourth-order valence-electron chi connectivity index (χ4n) is 3.52. The third-order valence-corrected chi connectivity index (χ3v) is 5.83. The average molecular weight is 372 g/mol. The maximum absolute atomic E-state index is 13.1. The molecule has 1 fully saturated rings. The molecule has 0 spiro atoms. The van der Waals surface area contributed by atoms with Gasteiger partial charge in [-0.05, 0) is 36.8 Å². The first-order valence-corrected chi connectivity index (χ1v) is 10.1. The lowest BCUT2D eigenvalue weighted by Crippen LogP contribution is -2.39. The Morgan fingerprint density at radius 3 is 3.15 bits per heavy atom. The fourth-order valence-corrected chi connectivity index (χ4v) is 4.47. The van der Waals surface area contributed by atoms with Crippen LogP contribution in [0.5, 0.6) is 0 Å². The molecule has 0 saturated carbocycles. The van der Waals surface area contributed by atoms with E-state index >= 15 is 0 Å². The minimum Gasteiger partial charge on any atom is -0.376 e. The second-order valence-corrected chi connectivity index (χ2v) is 7.64. The second kappa shape index (κ2) is 8.22. The summed E-state index contributed by atoms with van der Waals surface area (Å²) in [5.74, 6) is 0.129. The number of carbonyl (C=O) groups excluding carboxylic acids is 1. The highest BCUT2D eigenvalue weighted by atomic mass is 32.2. The summed E-state index contributed by atoms with van der Waals surface area (Å²) < 4.78 is 5.76. The molecule has 4 rings (SSSR count). The Balaban J connectivity index is 1.44. The summed E-state index contributed by atoms with van der Waals surface area (Å²) in [6.45, 7) is 3.80. The first-order valence-electron chi connectivity index (χ1n) is 9.26. The zero-order chi connectivity index (χ0) is 17.8. The van der Waals surface area contributed by atoms with Crippen molar-refractivity contribution in [1.82, 2.24) is 14.8 Å². The van der Waals surface area contributed by atoms with Crippen molar-refractivity contribution < 1.29 is 9.53 Å². The van der Waals surface area contributed by atoms with Crippen LogP contribution in [0.4, 0.5) is 0 Å². The number of rotatable bonds is 6. The Labute approximate surface area is 158 Å². The van der Waals surface area contributed by atoms with Crippen molar-refractivity contribution in [2.45, 2.75) is 38.3 Å². The number of aromatic nitrogens is 1. The average Bonchev–Trinajstić information content (AvgIpc) is 3.32. The highest BCUT2D eigenvalue weighted by Gasteiger charge is 2.29. The van der Waals surface area contributed by atoms with Crippen molar-refractivity contribution in [2.24, 2.45) is 4.99 Å². The Bertz CT molecular complexity index is 701. The lowest BCUT2D eigenvalue weighted by atomic mass is 10.2. The van der Waals surface area contributed by atoms with E-state index in [4.69, 9.17) is 4.74 Å². The van der Waals surface area contributed by atoms with Gasteiger partial charge in [-0.25, -0.2) is 0 Å². The molecule has 1 atom stereocenters. The van der Waals surface area contributed by atoms with Crippen LogP contribution >= 0.6 is 11.8 Å². The Morgan fingerprint density at radius 1 is 1.38 bits per heavy atom. The summed E-state index contributed by atoms with van der Waals surface area (Å²) in [4.78, 5) is 26.1. The van der Waals surface area contributed by atoms with Crippen LogP contribution in [-0.2, 0) is 16.1 Å². The van der Waals surface area contributed by atoms with Gasteiger partial charge in [-0.1, -0.05) is 17.8 Å². The number of fused-ring (bicyclic) bond motifs is 1. The quantitative estimate of drug-likeness (QED) is 0.768. The molecule has 3 aliphatic heterocycles. The van der Waals surface area contributed by atoms with Gasteiger partial charge in [0.1, 0.15) is 0 Å². The van der Waals surface area contributed by atoms with Gasteiger partial charge in [-0.2, -0.15) is 0 Å². The zero-order valence-electron chi connectivity index (χ0n) is 14.8. The van der Waals surface area contributed by atoms with Crippen molar-refractivity contribution in [3.63, 3.8) is 0 Å². The Hall–Kier alpha value is -1.86. The van der Waals surface area contributed by atoms with Crippen molar-refractivity contribution in [3.8, 4) is 0 Å². The van der Waals surface area contributed by atoms with Crippen LogP contribution in [0.25, 0.3) is 0 Å². The van der Waals surface area contributed by atoms with Crippen LogP contribution in [0.1, 0.15) is 31.4 Å². The number of pyridine rings is 1. The monoisotopic (exact) mass is 372 g/mol. The number of thioether (sulfide) groups is 1. The molecule has 1 aromatic rings. The van der Waals surface area contributed by atoms with Gasteiger partial charge < -0.3 is 14.5 Å². The van der Waals surface area contributed by atoms with Crippen molar-refractivity contribution >= 4 is 22.8 Å². The van der Waals surface area contributed by atoms with E-state index in [2.05, 4.69) is 20.3 Å². The number of nitrogens with zero attached hydrogens (tertiary/aromatic N) is 4. The van der Waals surface area contributed by atoms with Crippen LogP contribution in [0.3, 0.4) is 0 Å². The molecule has 6 nitrogen and oxygen atoms in total. The van der Waals surface area contributed by atoms with E-state index in [0.717, 1.165) is 55.5 Å². The van der Waals surface area contributed by atoms with Crippen molar-refractivity contribution in [2.75, 3.05) is 26.2 Å². The summed E-state index contributed by atoms with van der Waals surface area (Å²) in [5.41, 5.74) is 1.98. The SMILES string of the molecule is O=C(CC1=CSC2=NCCCN12)N(Cc1ccccn1)C[C@H]1CCCO1. The third kappa shape index (κ3) is 4.10. The Morgan fingerprint density at radius 2 is 2.35 bits per heavy atom. The highest BCUT2D eigenvalue weighted by Crippen LogP contribution is 2.31. The molecule has 4 heterocycles. The fraction of sp³-hybridized carbons (Fsp3) is 0.526. The van der Waals surface area contributed by atoms with Gasteiger partial charge in [-0.15, -0.1) is 0 Å². The first-order chi connectivity index (χ1) is 12.8. The summed E-state index contributed by atoms with van der Waals surface area (Å²) in [6, 6.07) is 5.83. The van der Waals surface area contributed by atoms with E-state index in [1.54, 1.807) is 18.0 Å². The van der Waals surface area contributed by atoms with Gasteiger partial charge in [-0.3, -0.25) is 14.8 Å². The van der Waals surface area contributed by atoms with E-state index in [9.17, 15) is 4.79 Å². The van der Waals surface area contributed by atoms with Crippen molar-refractivity contribution in [3.05, 3.63) is 41.2 Å². The molecule has 138 valence electrons. The number of aliphatic imine (C=N–C) groups is 1. The van der Waals surface area contributed by atoms with Crippen LogP contribution in [-0.4, -0.2) is 58.2 Å². The number of hydrogen-bond donors (Lipinski definition) is 0.